The molecule has 2 rings (SSSR count). The molecule has 1 heteroatoms. The van der Waals surface area contributed by atoms with Crippen molar-refractivity contribution in [2.75, 3.05) is 6.61 Å². The maximum Gasteiger partial charge on any atom is 0.0464 e. The van der Waals surface area contributed by atoms with E-state index >= 15 is 0 Å². The second kappa shape index (κ2) is 3.60. The molecule has 0 radical (unpaired) electrons. The molecule has 0 amide bonds. The molecule has 0 aromatic heterocycles. The summed E-state index contributed by atoms with van der Waals surface area (Å²) in [6.45, 7) is 12.1. The van der Waals surface area contributed by atoms with E-state index in [2.05, 4.69) is 34.6 Å². The van der Waals surface area contributed by atoms with E-state index in [1.165, 1.54) is 19.3 Å². The maximum atomic E-state index is 9.60. The van der Waals surface area contributed by atoms with Gasteiger partial charge < -0.3 is 5.11 Å². The van der Waals surface area contributed by atoms with E-state index < -0.39 is 0 Å². The van der Waals surface area contributed by atoms with Crippen LogP contribution in [0.4, 0.5) is 0 Å². The van der Waals surface area contributed by atoms with Crippen LogP contribution in [-0.4, -0.2) is 11.7 Å². The van der Waals surface area contributed by atoms with Crippen molar-refractivity contribution in [3.05, 3.63) is 11.1 Å². The SMILES string of the molecule is CC1=C(C)[C@@H]2C(C)(C)C(CO)C[C@]2(C)CC1. The lowest BCUT2D eigenvalue weighted by Crippen LogP contribution is -2.35. The number of allylic oxidation sites excluding steroid dienone is 2. The van der Waals surface area contributed by atoms with Crippen molar-refractivity contribution in [3.63, 3.8) is 0 Å². The van der Waals surface area contributed by atoms with Gasteiger partial charge in [0.2, 0.25) is 0 Å². The van der Waals surface area contributed by atoms with E-state index in [1.54, 1.807) is 11.1 Å². The third kappa shape index (κ3) is 1.48. The van der Waals surface area contributed by atoms with Gasteiger partial charge in [-0.05, 0) is 55.8 Å². The Hall–Kier alpha value is -0.300. The highest BCUT2D eigenvalue weighted by molar-refractivity contribution is 5.26. The van der Waals surface area contributed by atoms with Crippen molar-refractivity contribution in [1.82, 2.24) is 0 Å². The zero-order valence-electron chi connectivity index (χ0n) is 11.4. The first-order chi connectivity index (χ1) is 7.33. The van der Waals surface area contributed by atoms with Gasteiger partial charge >= 0.3 is 0 Å². The summed E-state index contributed by atoms with van der Waals surface area (Å²) in [6.07, 6.45) is 3.76. The molecule has 1 nitrogen and oxygen atoms in total. The minimum atomic E-state index is 0.259. The van der Waals surface area contributed by atoms with Crippen LogP contribution >= 0.6 is 0 Å². The summed E-state index contributed by atoms with van der Waals surface area (Å²) in [7, 11) is 0. The average molecular weight is 222 g/mol. The normalized spacial score (nSPS) is 42.4. The third-order valence-electron chi connectivity index (χ3n) is 5.60. The van der Waals surface area contributed by atoms with E-state index in [-0.39, 0.29) is 5.41 Å². The minimum Gasteiger partial charge on any atom is -0.396 e. The first kappa shape index (κ1) is 12.2. The quantitative estimate of drug-likeness (QED) is 0.669. The Morgan fingerprint density at radius 1 is 1.25 bits per heavy atom. The molecule has 2 aliphatic rings. The molecule has 1 saturated carbocycles. The van der Waals surface area contributed by atoms with Gasteiger partial charge in [-0.3, -0.25) is 0 Å². The van der Waals surface area contributed by atoms with Gasteiger partial charge in [0.15, 0.2) is 0 Å². The van der Waals surface area contributed by atoms with Gasteiger partial charge in [-0.25, -0.2) is 0 Å². The number of fused-ring (bicyclic) bond motifs is 1. The molecule has 1 unspecified atom stereocenters. The fourth-order valence-electron chi connectivity index (χ4n) is 4.62. The second-order valence-corrected chi connectivity index (χ2v) is 6.96. The standard InChI is InChI=1S/C15H26O/c1-10-6-7-15(5)8-12(9-16)14(3,4)13(15)11(10)2/h12-13,16H,6-9H2,1-5H3/t12?,13-,15+/m1/s1. The smallest absolute Gasteiger partial charge is 0.0464 e. The number of hydrogen-bond donors (Lipinski definition) is 1. The first-order valence-electron chi connectivity index (χ1n) is 6.60. The summed E-state index contributed by atoms with van der Waals surface area (Å²) < 4.78 is 0. The van der Waals surface area contributed by atoms with Crippen molar-refractivity contribution in [2.45, 2.75) is 53.9 Å². The highest BCUT2D eigenvalue weighted by Gasteiger charge is 2.56. The summed E-state index contributed by atoms with van der Waals surface area (Å²) in [5, 5.41) is 9.60. The van der Waals surface area contributed by atoms with Gasteiger partial charge in [-0.1, -0.05) is 31.9 Å². The molecule has 92 valence electrons. The van der Waals surface area contributed by atoms with Crippen molar-refractivity contribution in [2.24, 2.45) is 22.7 Å². The summed E-state index contributed by atoms with van der Waals surface area (Å²) in [6, 6.07) is 0. The molecule has 0 aliphatic heterocycles. The Balaban J connectivity index is 2.46. The number of hydrogen-bond acceptors (Lipinski definition) is 1. The van der Waals surface area contributed by atoms with Crippen molar-refractivity contribution >= 4 is 0 Å². The van der Waals surface area contributed by atoms with Gasteiger partial charge in [0.05, 0.1) is 0 Å². The maximum absolute atomic E-state index is 9.60. The highest BCUT2D eigenvalue weighted by atomic mass is 16.3. The van der Waals surface area contributed by atoms with Gasteiger partial charge in [0.1, 0.15) is 0 Å². The average Bonchev–Trinajstić information content (AvgIpc) is 2.41. The summed E-state index contributed by atoms with van der Waals surface area (Å²) in [5.41, 5.74) is 3.89. The third-order valence-corrected chi connectivity index (χ3v) is 5.60. The molecule has 2 aliphatic carbocycles. The van der Waals surface area contributed by atoms with Crippen molar-refractivity contribution in [3.8, 4) is 0 Å². The van der Waals surface area contributed by atoms with E-state index in [1.807, 2.05) is 0 Å². The van der Waals surface area contributed by atoms with Crippen molar-refractivity contribution < 1.29 is 5.11 Å². The van der Waals surface area contributed by atoms with E-state index in [9.17, 15) is 5.11 Å². The second-order valence-electron chi connectivity index (χ2n) is 6.96. The molecule has 0 bridgehead atoms. The zero-order valence-corrected chi connectivity index (χ0v) is 11.4. The van der Waals surface area contributed by atoms with E-state index in [4.69, 9.17) is 0 Å². The molecule has 16 heavy (non-hydrogen) atoms. The van der Waals surface area contributed by atoms with Crippen LogP contribution in [0.1, 0.15) is 53.9 Å². The Morgan fingerprint density at radius 2 is 1.88 bits per heavy atom. The highest BCUT2D eigenvalue weighted by Crippen LogP contribution is 2.63. The Kier molecular flexibility index (Phi) is 2.73. The monoisotopic (exact) mass is 222 g/mol. The topological polar surface area (TPSA) is 20.2 Å². The molecule has 0 aromatic rings. The molecule has 1 fully saturated rings. The van der Waals surface area contributed by atoms with Crippen LogP contribution < -0.4 is 0 Å². The largest absolute Gasteiger partial charge is 0.396 e. The first-order valence-corrected chi connectivity index (χ1v) is 6.60. The molecule has 1 N–H and O–H groups in total. The molecular formula is C15H26O. The summed E-state index contributed by atoms with van der Waals surface area (Å²) in [4.78, 5) is 0. The molecule has 3 atom stereocenters. The molecule has 0 spiro atoms. The fraction of sp³-hybridized carbons (Fsp3) is 0.867. The molecular weight excluding hydrogens is 196 g/mol. The van der Waals surface area contributed by atoms with Gasteiger partial charge in [-0.15, -0.1) is 0 Å². The van der Waals surface area contributed by atoms with Crippen LogP contribution in [0.5, 0.6) is 0 Å². The number of aliphatic hydroxyl groups excluding tert-OH is 1. The lowest BCUT2D eigenvalue weighted by Gasteiger charge is -2.43. The predicted molar refractivity (Wildman–Crippen MR) is 68.2 cm³/mol. The van der Waals surface area contributed by atoms with Crippen molar-refractivity contribution in [1.29, 1.82) is 0 Å². The van der Waals surface area contributed by atoms with Crippen LogP contribution in [-0.2, 0) is 0 Å². The Labute approximate surface area is 99.9 Å². The molecule has 0 heterocycles. The Bertz CT molecular complexity index is 326. The molecule has 0 aromatic carbocycles. The lowest BCUT2D eigenvalue weighted by molar-refractivity contribution is 0.111. The van der Waals surface area contributed by atoms with Crippen LogP contribution in [0.15, 0.2) is 11.1 Å². The van der Waals surface area contributed by atoms with Gasteiger partial charge in [0, 0.05) is 6.61 Å². The fourth-order valence-corrected chi connectivity index (χ4v) is 4.62. The predicted octanol–water partition coefficient (Wildman–Crippen LogP) is 3.78. The molecule has 0 saturated heterocycles. The number of aliphatic hydroxyl groups is 1. The van der Waals surface area contributed by atoms with Crippen LogP contribution in [0.3, 0.4) is 0 Å². The summed E-state index contributed by atoms with van der Waals surface area (Å²) >= 11 is 0. The number of rotatable bonds is 1. The lowest BCUT2D eigenvalue weighted by atomic mass is 9.61. The summed E-state index contributed by atoms with van der Waals surface area (Å²) in [5.74, 6) is 1.15. The van der Waals surface area contributed by atoms with E-state index in [0.717, 1.165) is 0 Å². The van der Waals surface area contributed by atoms with Gasteiger partial charge in [0.25, 0.3) is 0 Å². The zero-order chi connectivity index (χ0) is 12.1. The van der Waals surface area contributed by atoms with Crippen LogP contribution in [0.2, 0.25) is 0 Å². The van der Waals surface area contributed by atoms with E-state index in [0.29, 0.717) is 23.9 Å². The van der Waals surface area contributed by atoms with Crippen LogP contribution in [0, 0.1) is 22.7 Å². The minimum absolute atomic E-state index is 0.259. The van der Waals surface area contributed by atoms with Crippen LogP contribution in [0.25, 0.3) is 0 Å². The Morgan fingerprint density at radius 3 is 2.44 bits per heavy atom. The van der Waals surface area contributed by atoms with Gasteiger partial charge in [-0.2, -0.15) is 0 Å².